The Morgan fingerprint density at radius 3 is 2.67 bits per heavy atom. The van der Waals surface area contributed by atoms with Crippen LogP contribution in [0.5, 0.6) is 0 Å². The van der Waals surface area contributed by atoms with Gasteiger partial charge in [0.2, 0.25) is 0 Å². The third-order valence-corrected chi connectivity index (χ3v) is 5.70. The fourth-order valence-corrected chi connectivity index (χ4v) is 4.11. The molecule has 0 radical (unpaired) electrons. The van der Waals surface area contributed by atoms with E-state index in [4.69, 9.17) is 4.42 Å². The molecule has 27 heavy (non-hydrogen) atoms. The van der Waals surface area contributed by atoms with Crippen LogP contribution in [0.4, 0.5) is 0 Å². The Labute approximate surface area is 160 Å². The molecule has 2 aliphatic rings. The average Bonchev–Trinajstić information content (AvgIpc) is 3.29. The molecule has 0 bridgehead atoms. The summed E-state index contributed by atoms with van der Waals surface area (Å²) in [7, 11) is 2.15. The zero-order valence-corrected chi connectivity index (χ0v) is 15.7. The molecule has 0 amide bonds. The smallest absolute Gasteiger partial charge is 0.135 e. The molecule has 2 atom stereocenters. The van der Waals surface area contributed by atoms with Gasteiger partial charge in [-0.25, -0.2) is 0 Å². The highest BCUT2D eigenvalue weighted by atomic mass is 16.3. The minimum atomic E-state index is -0.317. The number of furan rings is 1. The second kappa shape index (κ2) is 7.83. The normalized spacial score (nSPS) is 24.9. The fourth-order valence-electron chi connectivity index (χ4n) is 4.11. The van der Waals surface area contributed by atoms with Gasteiger partial charge < -0.3 is 14.4 Å². The van der Waals surface area contributed by atoms with E-state index < -0.39 is 0 Å². The Kier molecular flexibility index (Phi) is 5.28. The minimum absolute atomic E-state index is 0.201. The van der Waals surface area contributed by atoms with Crippen LogP contribution in [-0.2, 0) is 6.54 Å². The van der Waals surface area contributed by atoms with E-state index in [-0.39, 0.29) is 12.1 Å². The van der Waals surface area contributed by atoms with Crippen LogP contribution in [0.2, 0.25) is 0 Å². The van der Waals surface area contributed by atoms with Gasteiger partial charge in [-0.3, -0.25) is 9.80 Å². The van der Waals surface area contributed by atoms with E-state index in [1.165, 1.54) is 0 Å². The first-order valence-corrected chi connectivity index (χ1v) is 9.55. The first-order valence-electron chi connectivity index (χ1n) is 9.55. The topological polar surface area (TPSA) is 66.9 Å². The molecule has 3 heterocycles. The monoisotopic (exact) mass is 366 g/mol. The summed E-state index contributed by atoms with van der Waals surface area (Å²) in [5.41, 5.74) is 1.44. The molecule has 1 aromatic heterocycles. The molecule has 0 unspecified atom stereocenters. The van der Waals surface area contributed by atoms with Crippen molar-refractivity contribution in [3.63, 3.8) is 0 Å². The summed E-state index contributed by atoms with van der Waals surface area (Å²) in [6.07, 6.45) is -0.317. The number of aliphatic hydroxyl groups excluding tert-OH is 1. The van der Waals surface area contributed by atoms with Crippen LogP contribution in [0.3, 0.4) is 0 Å². The summed E-state index contributed by atoms with van der Waals surface area (Å²) in [4.78, 5) is 7.01. The van der Waals surface area contributed by atoms with Crippen molar-refractivity contribution in [3.05, 3.63) is 47.7 Å². The Morgan fingerprint density at radius 2 is 1.89 bits per heavy atom. The molecule has 0 spiro atoms. The molecule has 2 aliphatic heterocycles. The number of aliphatic hydroxyl groups is 1. The SMILES string of the molecule is CN1CCN([C@H]2CN(Cc3ccc(-c4ccccc4C#N)o3)C[C@@H]2O)CC1. The van der Waals surface area contributed by atoms with Crippen molar-refractivity contribution in [2.45, 2.75) is 18.7 Å². The molecule has 2 fully saturated rings. The molecular weight excluding hydrogens is 340 g/mol. The molecule has 0 saturated carbocycles. The Bertz CT molecular complexity index is 820. The zero-order chi connectivity index (χ0) is 18.8. The lowest BCUT2D eigenvalue weighted by Crippen LogP contribution is -2.52. The van der Waals surface area contributed by atoms with E-state index in [0.717, 1.165) is 49.8 Å². The third kappa shape index (κ3) is 3.92. The van der Waals surface area contributed by atoms with Crippen molar-refractivity contribution < 1.29 is 9.52 Å². The second-order valence-electron chi connectivity index (χ2n) is 7.59. The highest BCUT2D eigenvalue weighted by molar-refractivity contribution is 5.66. The highest BCUT2D eigenvalue weighted by Gasteiger charge is 2.36. The van der Waals surface area contributed by atoms with Crippen LogP contribution in [-0.4, -0.2) is 78.3 Å². The van der Waals surface area contributed by atoms with Gasteiger partial charge in [0.25, 0.3) is 0 Å². The maximum absolute atomic E-state index is 10.5. The fraction of sp³-hybridized carbons (Fsp3) is 0.476. The van der Waals surface area contributed by atoms with Crippen LogP contribution in [0.1, 0.15) is 11.3 Å². The number of nitrogens with zero attached hydrogens (tertiary/aromatic N) is 4. The van der Waals surface area contributed by atoms with Crippen molar-refractivity contribution in [1.82, 2.24) is 14.7 Å². The van der Waals surface area contributed by atoms with Gasteiger partial charge in [-0.15, -0.1) is 0 Å². The number of hydrogen-bond acceptors (Lipinski definition) is 6. The Hall–Kier alpha value is -2.17. The molecule has 2 aromatic rings. The van der Waals surface area contributed by atoms with E-state index in [2.05, 4.69) is 27.8 Å². The lowest BCUT2D eigenvalue weighted by Gasteiger charge is -2.37. The molecule has 4 rings (SSSR count). The number of benzene rings is 1. The van der Waals surface area contributed by atoms with Crippen molar-refractivity contribution in [2.75, 3.05) is 46.3 Å². The summed E-state index contributed by atoms with van der Waals surface area (Å²) in [5, 5.41) is 19.8. The minimum Gasteiger partial charge on any atom is -0.460 e. The lowest BCUT2D eigenvalue weighted by atomic mass is 10.1. The molecule has 6 nitrogen and oxygen atoms in total. The first-order chi connectivity index (χ1) is 13.1. The third-order valence-electron chi connectivity index (χ3n) is 5.70. The highest BCUT2D eigenvalue weighted by Crippen LogP contribution is 2.27. The molecule has 0 aliphatic carbocycles. The van der Waals surface area contributed by atoms with E-state index in [1.807, 2.05) is 30.3 Å². The van der Waals surface area contributed by atoms with Crippen LogP contribution in [0, 0.1) is 11.3 Å². The van der Waals surface area contributed by atoms with Crippen molar-refractivity contribution in [1.29, 1.82) is 5.26 Å². The predicted molar refractivity (Wildman–Crippen MR) is 103 cm³/mol. The standard InChI is InChI=1S/C21H26N4O2/c1-23-8-10-25(11-9-23)19-14-24(15-20(19)26)13-17-6-7-21(27-17)18-5-3-2-4-16(18)12-22/h2-7,19-20,26H,8-11,13-15H2,1H3/t19-,20-/m0/s1. The average molecular weight is 366 g/mol. The summed E-state index contributed by atoms with van der Waals surface area (Å²) in [6.45, 7) is 6.35. The number of piperazine rings is 1. The van der Waals surface area contributed by atoms with Gasteiger partial charge in [-0.2, -0.15) is 5.26 Å². The number of β-amino-alcohol motifs (C(OH)–C–C–N with tert-alkyl or cyclic N) is 1. The van der Waals surface area contributed by atoms with E-state index in [9.17, 15) is 10.4 Å². The van der Waals surface area contributed by atoms with Gasteiger partial charge in [0, 0.05) is 50.9 Å². The van der Waals surface area contributed by atoms with Crippen LogP contribution >= 0.6 is 0 Å². The van der Waals surface area contributed by atoms with Gasteiger partial charge >= 0.3 is 0 Å². The van der Waals surface area contributed by atoms with Gasteiger partial charge in [0.05, 0.1) is 24.3 Å². The molecular formula is C21H26N4O2. The van der Waals surface area contributed by atoms with Crippen molar-refractivity contribution >= 4 is 0 Å². The summed E-state index contributed by atoms with van der Waals surface area (Å²) < 4.78 is 6.01. The molecule has 2 saturated heterocycles. The van der Waals surface area contributed by atoms with Gasteiger partial charge in [-0.1, -0.05) is 12.1 Å². The summed E-state index contributed by atoms with van der Waals surface area (Å²) in [5.74, 6) is 1.58. The predicted octanol–water partition coefficient (Wildman–Crippen LogP) is 1.61. The first kappa shape index (κ1) is 18.2. The molecule has 6 heteroatoms. The molecule has 142 valence electrons. The molecule has 1 aromatic carbocycles. The van der Waals surface area contributed by atoms with E-state index in [1.54, 1.807) is 6.07 Å². The van der Waals surface area contributed by atoms with Crippen molar-refractivity contribution in [2.24, 2.45) is 0 Å². The number of likely N-dealkylation sites (N-methyl/N-ethyl adjacent to an activating group) is 1. The number of likely N-dealkylation sites (tertiary alicyclic amines) is 1. The van der Waals surface area contributed by atoms with Gasteiger partial charge in [0.15, 0.2) is 0 Å². The van der Waals surface area contributed by atoms with Crippen LogP contribution in [0.15, 0.2) is 40.8 Å². The zero-order valence-electron chi connectivity index (χ0n) is 15.7. The number of hydrogen-bond donors (Lipinski definition) is 1. The summed E-state index contributed by atoms with van der Waals surface area (Å²) in [6, 6.07) is 13.8. The van der Waals surface area contributed by atoms with Gasteiger partial charge in [-0.05, 0) is 31.3 Å². The maximum atomic E-state index is 10.5. The second-order valence-corrected chi connectivity index (χ2v) is 7.59. The number of rotatable bonds is 4. The van der Waals surface area contributed by atoms with Crippen LogP contribution in [0.25, 0.3) is 11.3 Å². The summed E-state index contributed by atoms with van der Waals surface area (Å²) >= 11 is 0. The lowest BCUT2D eigenvalue weighted by molar-refractivity contribution is 0.0512. The Balaban J connectivity index is 1.40. The van der Waals surface area contributed by atoms with Crippen molar-refractivity contribution in [3.8, 4) is 17.4 Å². The van der Waals surface area contributed by atoms with Crippen LogP contribution < -0.4 is 0 Å². The molecule has 1 N–H and O–H groups in total. The quantitative estimate of drug-likeness (QED) is 0.887. The van der Waals surface area contributed by atoms with E-state index >= 15 is 0 Å². The number of nitriles is 1. The Morgan fingerprint density at radius 1 is 1.11 bits per heavy atom. The van der Waals surface area contributed by atoms with E-state index in [0.29, 0.717) is 18.7 Å². The maximum Gasteiger partial charge on any atom is 0.135 e. The largest absolute Gasteiger partial charge is 0.460 e. The van der Waals surface area contributed by atoms with Gasteiger partial charge in [0.1, 0.15) is 11.5 Å².